The Morgan fingerprint density at radius 2 is 1.69 bits per heavy atom. The first-order valence-corrected chi connectivity index (χ1v) is 13.2. The number of hydrogen-bond donors (Lipinski definition) is 2. The monoisotopic (exact) mass is 644 g/mol. The van der Waals surface area contributed by atoms with Crippen LogP contribution in [-0.2, 0) is 11.3 Å². The summed E-state index contributed by atoms with van der Waals surface area (Å²) in [5, 5.41) is 6.29. The Morgan fingerprint density at radius 1 is 0.923 bits per heavy atom. The third-order valence-electron chi connectivity index (χ3n) is 6.02. The molecule has 0 radical (unpaired) electrons. The number of methoxy groups -OCH3 is 2. The second-order valence-corrected chi connectivity index (χ2v) is 9.59. The average Bonchev–Trinajstić information content (AvgIpc) is 2.96. The molecule has 202 valence electrons. The number of rotatable bonds is 9. The van der Waals surface area contributed by atoms with Crippen molar-refractivity contribution in [2.75, 3.05) is 51.2 Å². The van der Waals surface area contributed by atoms with E-state index in [1.165, 1.54) is 32.8 Å². The first kappa shape index (κ1) is 26.9. The lowest BCUT2D eigenvalue weighted by atomic mass is 10.2. The Labute approximate surface area is 238 Å². The molecule has 0 saturated carbocycles. The van der Waals surface area contributed by atoms with Gasteiger partial charge in [-0.15, -0.1) is 0 Å². The lowest BCUT2D eigenvalue weighted by molar-refractivity contribution is 0.0342. The summed E-state index contributed by atoms with van der Waals surface area (Å²) >= 11 is 2.01. The van der Waals surface area contributed by atoms with Crippen LogP contribution in [0.15, 0.2) is 49.2 Å². The van der Waals surface area contributed by atoms with E-state index in [2.05, 4.69) is 40.5 Å². The Bertz CT molecular complexity index is 1430. The fourth-order valence-corrected chi connectivity index (χ4v) is 4.82. The van der Waals surface area contributed by atoms with Crippen LogP contribution in [0.5, 0.6) is 11.5 Å². The molecule has 0 unspecified atom stereocenters. The van der Waals surface area contributed by atoms with E-state index in [1.54, 1.807) is 18.5 Å². The summed E-state index contributed by atoms with van der Waals surface area (Å²) < 4.78 is 31.7. The van der Waals surface area contributed by atoms with Gasteiger partial charge in [0.15, 0.2) is 17.4 Å². The Morgan fingerprint density at radius 3 is 2.49 bits per heavy atom. The van der Waals surface area contributed by atoms with Crippen molar-refractivity contribution in [3.05, 3.63) is 64.1 Å². The quantitative estimate of drug-likeness (QED) is 0.252. The highest BCUT2D eigenvalue weighted by Gasteiger charge is 2.21. The summed E-state index contributed by atoms with van der Waals surface area (Å²) in [6, 6.07) is 7.22. The first-order chi connectivity index (χ1) is 19.1. The highest BCUT2D eigenvalue weighted by molar-refractivity contribution is 14.1. The van der Waals surface area contributed by atoms with E-state index in [9.17, 15) is 0 Å². The number of morpholine rings is 1. The van der Waals surface area contributed by atoms with Crippen molar-refractivity contribution in [3.8, 4) is 22.9 Å². The number of ether oxygens (including phenoxy) is 3. The van der Waals surface area contributed by atoms with Crippen LogP contribution in [0.4, 0.5) is 27.5 Å². The minimum absolute atomic E-state index is 0.0390. The van der Waals surface area contributed by atoms with E-state index in [0.29, 0.717) is 38.2 Å². The van der Waals surface area contributed by atoms with Gasteiger partial charge in [-0.2, -0.15) is 0 Å². The van der Waals surface area contributed by atoms with Gasteiger partial charge < -0.3 is 24.8 Å². The number of anilines is 4. The number of nitrogens with one attached hydrogen (secondary N) is 2. The molecule has 1 saturated heterocycles. The van der Waals surface area contributed by atoms with Crippen molar-refractivity contribution in [2.24, 2.45) is 0 Å². The topological polar surface area (TPSA) is 119 Å². The van der Waals surface area contributed by atoms with Gasteiger partial charge in [0.25, 0.3) is 0 Å². The minimum Gasteiger partial charge on any atom is -0.495 e. The second-order valence-electron chi connectivity index (χ2n) is 8.51. The van der Waals surface area contributed by atoms with Crippen LogP contribution < -0.4 is 20.1 Å². The van der Waals surface area contributed by atoms with Crippen molar-refractivity contribution in [3.63, 3.8) is 0 Å². The third-order valence-corrected chi connectivity index (χ3v) is 7.09. The van der Waals surface area contributed by atoms with Gasteiger partial charge in [0.05, 0.1) is 42.4 Å². The molecule has 1 aliphatic rings. The van der Waals surface area contributed by atoms with E-state index >= 15 is 4.39 Å². The number of hydrogen-bond acceptors (Lipinski definition) is 11. The van der Waals surface area contributed by atoms with Crippen LogP contribution >= 0.6 is 22.6 Å². The molecule has 39 heavy (non-hydrogen) atoms. The molecule has 2 N–H and O–H groups in total. The van der Waals surface area contributed by atoms with Crippen LogP contribution in [0, 0.1) is 9.39 Å². The Kier molecular flexibility index (Phi) is 8.58. The molecule has 0 atom stereocenters. The molecular formula is C26H26FIN8O3. The van der Waals surface area contributed by atoms with Crippen molar-refractivity contribution in [2.45, 2.75) is 6.54 Å². The normalized spacial score (nSPS) is 13.6. The fraction of sp³-hybridized carbons (Fsp3) is 0.269. The van der Waals surface area contributed by atoms with Gasteiger partial charge in [0.1, 0.15) is 29.4 Å². The minimum atomic E-state index is -0.576. The van der Waals surface area contributed by atoms with Crippen molar-refractivity contribution in [1.29, 1.82) is 0 Å². The highest BCUT2D eigenvalue weighted by Crippen LogP contribution is 2.39. The molecule has 0 amide bonds. The van der Waals surface area contributed by atoms with E-state index in [0.717, 1.165) is 38.4 Å². The molecule has 11 nitrogen and oxygen atoms in total. The summed E-state index contributed by atoms with van der Waals surface area (Å²) in [5.74, 6) is 1.41. The zero-order valence-corrected chi connectivity index (χ0v) is 23.5. The number of benzene rings is 1. The molecule has 0 spiro atoms. The molecule has 3 aromatic heterocycles. The Hall–Kier alpha value is -3.69. The number of pyridine rings is 1. The van der Waals surface area contributed by atoms with Crippen molar-refractivity contribution in [1.82, 2.24) is 29.8 Å². The maximum Gasteiger partial charge on any atom is 0.189 e. The summed E-state index contributed by atoms with van der Waals surface area (Å²) in [7, 11) is 2.90. The average molecular weight is 644 g/mol. The van der Waals surface area contributed by atoms with E-state index in [4.69, 9.17) is 14.2 Å². The first-order valence-electron chi connectivity index (χ1n) is 12.1. The highest BCUT2D eigenvalue weighted by atomic mass is 127. The molecule has 4 heterocycles. The zero-order valence-electron chi connectivity index (χ0n) is 21.3. The molecule has 4 aromatic rings. The number of halogens is 2. The number of aromatic nitrogens is 5. The predicted octanol–water partition coefficient (Wildman–Crippen LogP) is 4.41. The predicted molar refractivity (Wildman–Crippen MR) is 152 cm³/mol. The molecule has 13 heteroatoms. The largest absolute Gasteiger partial charge is 0.495 e. The zero-order chi connectivity index (χ0) is 27.2. The maximum absolute atomic E-state index is 15.2. The smallest absolute Gasteiger partial charge is 0.189 e. The van der Waals surface area contributed by atoms with E-state index in [1.807, 2.05) is 34.7 Å². The third kappa shape index (κ3) is 6.32. The van der Waals surface area contributed by atoms with E-state index < -0.39 is 5.82 Å². The SMILES string of the molecule is COc1cc(OC)c(I)c(Nc2nccnc2-c2cc(Nc3cc(CN4CCOCC4)ccn3)ncn2)c1F. The van der Waals surface area contributed by atoms with E-state index in [-0.39, 0.29) is 11.4 Å². The molecule has 5 rings (SSSR count). The fourth-order valence-electron chi connectivity index (χ4n) is 4.08. The van der Waals surface area contributed by atoms with Crippen LogP contribution in [0.25, 0.3) is 11.4 Å². The lowest BCUT2D eigenvalue weighted by Gasteiger charge is -2.26. The van der Waals surface area contributed by atoms with Gasteiger partial charge in [-0.05, 0) is 40.3 Å². The molecule has 1 aliphatic heterocycles. The van der Waals surface area contributed by atoms with Gasteiger partial charge >= 0.3 is 0 Å². The maximum atomic E-state index is 15.2. The van der Waals surface area contributed by atoms with Gasteiger partial charge in [-0.1, -0.05) is 0 Å². The van der Waals surface area contributed by atoms with Gasteiger partial charge in [-0.25, -0.2) is 29.3 Å². The molecule has 0 aliphatic carbocycles. The molecule has 1 aromatic carbocycles. The van der Waals surface area contributed by atoms with Crippen LogP contribution in [-0.4, -0.2) is 70.3 Å². The molecular weight excluding hydrogens is 618 g/mol. The molecule has 1 fully saturated rings. The second kappa shape index (κ2) is 12.4. The van der Waals surface area contributed by atoms with Crippen molar-refractivity contribution < 1.29 is 18.6 Å². The Balaban J connectivity index is 1.40. The van der Waals surface area contributed by atoms with Crippen LogP contribution in [0.3, 0.4) is 0 Å². The van der Waals surface area contributed by atoms with Gasteiger partial charge in [-0.3, -0.25) is 4.90 Å². The van der Waals surface area contributed by atoms with Crippen molar-refractivity contribution >= 4 is 45.7 Å². The van der Waals surface area contributed by atoms with Gasteiger partial charge in [0.2, 0.25) is 0 Å². The van der Waals surface area contributed by atoms with Crippen LogP contribution in [0.2, 0.25) is 0 Å². The lowest BCUT2D eigenvalue weighted by Crippen LogP contribution is -2.35. The summed E-state index contributed by atoms with van der Waals surface area (Å²) in [6.45, 7) is 4.11. The van der Waals surface area contributed by atoms with Gasteiger partial charge in [0, 0.05) is 50.4 Å². The summed E-state index contributed by atoms with van der Waals surface area (Å²) in [5.41, 5.74) is 2.18. The van der Waals surface area contributed by atoms with Crippen LogP contribution in [0.1, 0.15) is 5.56 Å². The number of nitrogens with zero attached hydrogens (tertiary/aromatic N) is 6. The summed E-state index contributed by atoms with van der Waals surface area (Å²) in [6.07, 6.45) is 6.24. The summed E-state index contributed by atoms with van der Waals surface area (Å²) in [4.78, 5) is 24.3. The standard InChI is InChI=1S/C26H26FIN8O3/c1-37-18-13-19(38-2)23(28)25(22(18)27)35-26-24(30-5-6-31-26)17-12-21(33-15-32-17)34-20-11-16(3-4-29-20)14-36-7-9-39-10-8-36/h3-6,11-13,15H,7-10,14H2,1-2H3,(H,31,35)(H,29,32,33,34). The molecule has 0 bridgehead atoms.